The number of rotatable bonds is 5. The van der Waals surface area contributed by atoms with Gasteiger partial charge in [-0.1, -0.05) is 25.6 Å². The van der Waals surface area contributed by atoms with Crippen LogP contribution in [-0.2, 0) is 0 Å². The van der Waals surface area contributed by atoms with Crippen LogP contribution in [0.15, 0.2) is 83.0 Å². The Hall–Kier alpha value is -4.09. The van der Waals surface area contributed by atoms with E-state index in [4.69, 9.17) is 4.74 Å². The zero-order valence-corrected chi connectivity index (χ0v) is 18.9. The standard InChI is InChI=1S/C24H21N3O4Si/c1-32(2,3)17-16-18-4-6-19(7-5-18)24(28)31-23-14-10-21(11-15-23)26-25-20-8-12-22(13-9-20)27(29)30/h4-15H,1-3H3. The molecule has 0 spiro atoms. The van der Waals surface area contributed by atoms with Gasteiger partial charge in [0.05, 0.1) is 21.9 Å². The molecule has 3 aromatic rings. The maximum atomic E-state index is 12.4. The number of azo groups is 1. The number of hydrogen-bond donors (Lipinski definition) is 0. The molecule has 0 fully saturated rings. The fourth-order valence-corrected chi connectivity index (χ4v) is 2.97. The van der Waals surface area contributed by atoms with Crippen molar-refractivity contribution in [3.63, 3.8) is 0 Å². The van der Waals surface area contributed by atoms with Crippen molar-refractivity contribution in [3.8, 4) is 17.2 Å². The van der Waals surface area contributed by atoms with E-state index in [0.717, 1.165) is 5.56 Å². The van der Waals surface area contributed by atoms with Crippen LogP contribution in [-0.4, -0.2) is 19.0 Å². The Labute approximate surface area is 186 Å². The highest BCUT2D eigenvalue weighted by molar-refractivity contribution is 6.83. The minimum absolute atomic E-state index is 0.00995. The van der Waals surface area contributed by atoms with Crippen LogP contribution in [0.3, 0.4) is 0 Å². The molecule has 0 saturated heterocycles. The third kappa shape index (κ3) is 6.72. The second kappa shape index (κ2) is 9.81. The van der Waals surface area contributed by atoms with E-state index in [-0.39, 0.29) is 5.69 Å². The number of nitrogens with zero attached hydrogens (tertiary/aromatic N) is 3. The summed E-state index contributed by atoms with van der Waals surface area (Å²) in [5.74, 6) is 3.07. The lowest BCUT2D eigenvalue weighted by molar-refractivity contribution is -0.384. The Morgan fingerprint density at radius 2 is 1.41 bits per heavy atom. The fourth-order valence-electron chi connectivity index (χ4n) is 2.45. The molecular formula is C24H21N3O4Si. The van der Waals surface area contributed by atoms with Crippen molar-refractivity contribution in [2.45, 2.75) is 19.6 Å². The Kier molecular flexibility index (Phi) is 6.92. The molecule has 7 nitrogen and oxygen atoms in total. The number of non-ortho nitro benzene ring substituents is 1. The highest BCUT2D eigenvalue weighted by Gasteiger charge is 2.10. The molecule has 0 aliphatic carbocycles. The first-order valence-corrected chi connectivity index (χ1v) is 13.3. The topological polar surface area (TPSA) is 94.2 Å². The monoisotopic (exact) mass is 443 g/mol. The number of esters is 1. The second-order valence-corrected chi connectivity index (χ2v) is 12.7. The summed E-state index contributed by atoms with van der Waals surface area (Å²) in [7, 11) is -1.45. The SMILES string of the molecule is C[Si](C)(C)C#Cc1ccc(C(=O)Oc2ccc(N=Nc3ccc([N+](=O)[O-])cc3)cc2)cc1. The summed E-state index contributed by atoms with van der Waals surface area (Å²) in [5, 5.41) is 18.8. The third-order valence-electron chi connectivity index (χ3n) is 4.09. The molecule has 3 rings (SSSR count). The van der Waals surface area contributed by atoms with Gasteiger partial charge in [-0.05, 0) is 60.7 Å². The minimum atomic E-state index is -1.45. The molecule has 8 heteroatoms. The Balaban J connectivity index is 1.60. The Morgan fingerprint density at radius 3 is 1.91 bits per heavy atom. The summed E-state index contributed by atoms with van der Waals surface area (Å²) in [6.45, 7) is 6.52. The summed E-state index contributed by atoms with van der Waals surface area (Å²) < 4.78 is 5.40. The van der Waals surface area contributed by atoms with Crippen molar-refractivity contribution in [3.05, 3.63) is 94.0 Å². The van der Waals surface area contributed by atoms with Crippen LogP contribution in [0.5, 0.6) is 5.75 Å². The van der Waals surface area contributed by atoms with Crippen molar-refractivity contribution in [1.82, 2.24) is 0 Å². The molecule has 0 atom stereocenters. The van der Waals surface area contributed by atoms with Crippen LogP contribution in [0.1, 0.15) is 15.9 Å². The maximum Gasteiger partial charge on any atom is 0.343 e. The van der Waals surface area contributed by atoms with Gasteiger partial charge in [-0.15, -0.1) is 5.54 Å². The van der Waals surface area contributed by atoms with Crippen LogP contribution in [0.25, 0.3) is 0 Å². The fraction of sp³-hybridized carbons (Fsp3) is 0.125. The Morgan fingerprint density at radius 1 is 0.875 bits per heavy atom. The number of ether oxygens (including phenoxy) is 1. The number of carbonyl (C=O) groups excluding carboxylic acids is 1. The van der Waals surface area contributed by atoms with Gasteiger partial charge >= 0.3 is 5.97 Å². The predicted molar refractivity (Wildman–Crippen MR) is 125 cm³/mol. The number of carbonyl (C=O) groups is 1. The summed E-state index contributed by atoms with van der Waals surface area (Å²) in [6.07, 6.45) is 0. The van der Waals surface area contributed by atoms with E-state index in [2.05, 4.69) is 41.3 Å². The molecule has 0 aliphatic rings. The van der Waals surface area contributed by atoms with Gasteiger partial charge in [0, 0.05) is 17.7 Å². The number of benzene rings is 3. The molecule has 0 aliphatic heterocycles. The van der Waals surface area contributed by atoms with Crippen molar-refractivity contribution in [2.24, 2.45) is 10.2 Å². The molecule has 0 aromatic heterocycles. The molecular weight excluding hydrogens is 422 g/mol. The molecule has 32 heavy (non-hydrogen) atoms. The lowest BCUT2D eigenvalue weighted by Crippen LogP contribution is -2.16. The molecule has 0 saturated carbocycles. The highest BCUT2D eigenvalue weighted by atomic mass is 28.3. The largest absolute Gasteiger partial charge is 0.423 e. The zero-order valence-electron chi connectivity index (χ0n) is 17.9. The van der Waals surface area contributed by atoms with E-state index >= 15 is 0 Å². The van der Waals surface area contributed by atoms with Crippen LogP contribution >= 0.6 is 0 Å². The lowest BCUT2D eigenvalue weighted by atomic mass is 10.1. The molecule has 0 amide bonds. The molecule has 160 valence electrons. The summed E-state index contributed by atoms with van der Waals surface area (Å²) in [5.41, 5.74) is 5.62. The van der Waals surface area contributed by atoms with E-state index in [0.29, 0.717) is 22.7 Å². The minimum Gasteiger partial charge on any atom is -0.423 e. The van der Waals surface area contributed by atoms with E-state index < -0.39 is 19.0 Å². The molecule has 0 N–H and O–H groups in total. The third-order valence-corrected chi connectivity index (χ3v) is 4.97. The van der Waals surface area contributed by atoms with Gasteiger partial charge in [0.15, 0.2) is 0 Å². The summed E-state index contributed by atoms with van der Waals surface area (Å²) in [6, 6.07) is 19.3. The van der Waals surface area contributed by atoms with Crippen LogP contribution < -0.4 is 4.74 Å². The molecule has 0 radical (unpaired) electrons. The number of hydrogen-bond acceptors (Lipinski definition) is 6. The van der Waals surface area contributed by atoms with Crippen molar-refractivity contribution >= 4 is 31.1 Å². The normalized spacial score (nSPS) is 11.0. The van der Waals surface area contributed by atoms with Crippen molar-refractivity contribution in [2.75, 3.05) is 0 Å². The molecule has 0 heterocycles. The van der Waals surface area contributed by atoms with E-state index in [1.54, 1.807) is 36.4 Å². The van der Waals surface area contributed by atoms with Gasteiger partial charge in [-0.2, -0.15) is 10.2 Å². The highest BCUT2D eigenvalue weighted by Crippen LogP contribution is 2.23. The van der Waals surface area contributed by atoms with Gasteiger partial charge in [0.25, 0.3) is 5.69 Å². The second-order valence-electron chi connectivity index (χ2n) is 7.93. The van der Waals surface area contributed by atoms with Gasteiger partial charge in [0.2, 0.25) is 0 Å². The van der Waals surface area contributed by atoms with E-state index in [1.807, 2.05) is 12.1 Å². The summed E-state index contributed by atoms with van der Waals surface area (Å²) >= 11 is 0. The zero-order chi connectivity index (χ0) is 23.1. The average Bonchev–Trinajstić information content (AvgIpc) is 2.77. The van der Waals surface area contributed by atoms with E-state index in [9.17, 15) is 14.9 Å². The van der Waals surface area contributed by atoms with Gasteiger partial charge < -0.3 is 4.74 Å². The van der Waals surface area contributed by atoms with Crippen LogP contribution in [0.2, 0.25) is 19.6 Å². The lowest BCUT2D eigenvalue weighted by Gasteiger charge is -2.05. The first-order valence-electron chi connectivity index (χ1n) is 9.81. The molecule has 0 unspecified atom stereocenters. The average molecular weight is 444 g/mol. The van der Waals surface area contributed by atoms with Gasteiger partial charge in [-0.3, -0.25) is 10.1 Å². The predicted octanol–water partition coefficient (Wildman–Crippen LogP) is 6.46. The maximum absolute atomic E-state index is 12.4. The van der Waals surface area contributed by atoms with Gasteiger partial charge in [-0.25, -0.2) is 4.79 Å². The first-order chi connectivity index (χ1) is 15.2. The molecule has 0 bridgehead atoms. The van der Waals surface area contributed by atoms with Crippen LogP contribution in [0.4, 0.5) is 17.1 Å². The number of nitro groups is 1. The van der Waals surface area contributed by atoms with Gasteiger partial charge in [0.1, 0.15) is 13.8 Å². The van der Waals surface area contributed by atoms with Crippen molar-refractivity contribution < 1.29 is 14.5 Å². The van der Waals surface area contributed by atoms with E-state index in [1.165, 1.54) is 24.3 Å². The number of nitro benzene ring substituents is 1. The quantitative estimate of drug-likeness (QED) is 0.0860. The molecule has 3 aromatic carbocycles. The smallest absolute Gasteiger partial charge is 0.343 e. The van der Waals surface area contributed by atoms with Crippen LogP contribution in [0, 0.1) is 21.6 Å². The Bertz CT molecular complexity index is 1200. The first kappa shape index (κ1) is 22.6. The van der Waals surface area contributed by atoms with Crippen molar-refractivity contribution in [1.29, 1.82) is 0 Å². The summed E-state index contributed by atoms with van der Waals surface area (Å²) in [4.78, 5) is 22.6.